The van der Waals surface area contributed by atoms with E-state index in [1.165, 1.54) is 10.4 Å². The maximum absolute atomic E-state index is 6.11. The highest BCUT2D eigenvalue weighted by molar-refractivity contribution is 7.10. The summed E-state index contributed by atoms with van der Waals surface area (Å²) in [7, 11) is 1.96. The van der Waals surface area contributed by atoms with E-state index in [-0.39, 0.29) is 0 Å². The van der Waals surface area contributed by atoms with Crippen molar-refractivity contribution in [1.82, 2.24) is 9.78 Å². The minimum atomic E-state index is 0.811. The molecule has 0 atom stereocenters. The maximum Gasteiger partial charge on any atom is 0.150 e. The molecule has 2 aromatic heterocycles. The third-order valence-electron chi connectivity index (χ3n) is 3.34. The number of fused-ring (bicyclic) bond motifs is 1. The molecule has 0 saturated carbocycles. The zero-order valence-electron chi connectivity index (χ0n) is 10.1. The molecule has 0 unspecified atom stereocenters. The van der Waals surface area contributed by atoms with E-state index in [0.717, 1.165) is 36.7 Å². The van der Waals surface area contributed by atoms with Gasteiger partial charge < -0.3 is 10.6 Å². The number of nitrogen functional groups attached to an aromatic ring is 1. The van der Waals surface area contributed by atoms with Crippen LogP contribution in [0.4, 0.5) is 11.5 Å². The highest BCUT2D eigenvalue weighted by atomic mass is 32.1. The third kappa shape index (κ3) is 1.61. The van der Waals surface area contributed by atoms with Crippen molar-refractivity contribution in [3.05, 3.63) is 27.6 Å². The number of thiophene rings is 1. The van der Waals surface area contributed by atoms with Gasteiger partial charge in [-0.3, -0.25) is 4.68 Å². The van der Waals surface area contributed by atoms with Gasteiger partial charge in [-0.1, -0.05) is 0 Å². The average Bonchev–Trinajstić information content (AvgIpc) is 2.84. The highest BCUT2D eigenvalue weighted by Crippen LogP contribution is 2.31. The summed E-state index contributed by atoms with van der Waals surface area (Å²) >= 11 is 1.86. The van der Waals surface area contributed by atoms with Gasteiger partial charge in [-0.15, -0.1) is 11.3 Å². The molecule has 1 aliphatic rings. The van der Waals surface area contributed by atoms with Crippen molar-refractivity contribution in [2.45, 2.75) is 19.9 Å². The van der Waals surface area contributed by atoms with Crippen LogP contribution in [0.25, 0.3) is 0 Å². The minimum Gasteiger partial charge on any atom is -0.394 e. The quantitative estimate of drug-likeness (QED) is 0.839. The van der Waals surface area contributed by atoms with E-state index >= 15 is 0 Å². The monoisotopic (exact) mass is 248 g/mol. The van der Waals surface area contributed by atoms with Gasteiger partial charge >= 0.3 is 0 Å². The molecule has 0 aromatic carbocycles. The van der Waals surface area contributed by atoms with Gasteiger partial charge in [0.25, 0.3) is 0 Å². The van der Waals surface area contributed by atoms with Gasteiger partial charge in [0, 0.05) is 25.0 Å². The Bertz CT molecular complexity index is 555. The largest absolute Gasteiger partial charge is 0.394 e. The molecule has 3 rings (SSSR count). The van der Waals surface area contributed by atoms with E-state index in [0.29, 0.717) is 0 Å². The number of nitrogens with two attached hydrogens (primary N) is 1. The number of aryl methyl sites for hydroxylation is 2. The zero-order chi connectivity index (χ0) is 12.0. The van der Waals surface area contributed by atoms with Crippen LogP contribution >= 0.6 is 11.3 Å². The molecule has 0 bridgehead atoms. The van der Waals surface area contributed by atoms with Crippen molar-refractivity contribution in [1.29, 1.82) is 0 Å². The molecule has 2 aromatic rings. The van der Waals surface area contributed by atoms with Crippen LogP contribution in [0, 0.1) is 6.92 Å². The van der Waals surface area contributed by atoms with Crippen molar-refractivity contribution in [2.75, 3.05) is 17.2 Å². The van der Waals surface area contributed by atoms with Crippen LogP contribution in [0.2, 0.25) is 0 Å². The number of hydrogen-bond acceptors (Lipinski definition) is 4. The maximum atomic E-state index is 6.11. The van der Waals surface area contributed by atoms with E-state index in [4.69, 9.17) is 5.73 Å². The van der Waals surface area contributed by atoms with E-state index in [1.807, 2.05) is 30.0 Å². The Balaban J connectivity index is 1.97. The van der Waals surface area contributed by atoms with Crippen LogP contribution in [-0.2, 0) is 20.0 Å². The molecule has 90 valence electrons. The molecule has 3 heterocycles. The Morgan fingerprint density at radius 2 is 2.29 bits per heavy atom. The summed E-state index contributed by atoms with van der Waals surface area (Å²) in [5.74, 6) is 1.05. The van der Waals surface area contributed by atoms with Crippen molar-refractivity contribution in [3.8, 4) is 0 Å². The summed E-state index contributed by atoms with van der Waals surface area (Å²) in [6, 6.07) is 2.21. The number of hydrogen-bond donors (Lipinski definition) is 1. The average molecular weight is 248 g/mol. The Kier molecular flexibility index (Phi) is 2.36. The first-order chi connectivity index (χ1) is 8.16. The standard InChI is InChI=1S/C12H16N4S/c1-8-11(13)12(15(2)14-8)16-5-3-10-9(7-16)4-6-17-10/h4,6H,3,5,7,13H2,1-2H3. The van der Waals surface area contributed by atoms with Gasteiger partial charge in [-0.05, 0) is 30.4 Å². The topological polar surface area (TPSA) is 47.1 Å². The molecule has 0 amide bonds. The SMILES string of the molecule is Cc1nn(C)c(N2CCc3sccc3C2)c1N. The highest BCUT2D eigenvalue weighted by Gasteiger charge is 2.22. The summed E-state index contributed by atoms with van der Waals surface area (Å²) in [5.41, 5.74) is 9.26. The van der Waals surface area contributed by atoms with Crippen molar-refractivity contribution >= 4 is 22.8 Å². The fourth-order valence-electron chi connectivity index (χ4n) is 2.47. The molecule has 0 aliphatic carbocycles. The molecule has 17 heavy (non-hydrogen) atoms. The molecule has 5 heteroatoms. The van der Waals surface area contributed by atoms with Gasteiger partial charge in [-0.2, -0.15) is 5.10 Å². The predicted molar refractivity (Wildman–Crippen MR) is 71.4 cm³/mol. The lowest BCUT2D eigenvalue weighted by Gasteiger charge is -2.29. The fraction of sp³-hybridized carbons (Fsp3) is 0.417. The number of aromatic nitrogens is 2. The van der Waals surface area contributed by atoms with E-state index in [9.17, 15) is 0 Å². The summed E-state index contributed by atoms with van der Waals surface area (Å²) in [6.45, 7) is 3.93. The van der Waals surface area contributed by atoms with E-state index in [2.05, 4.69) is 21.4 Å². The lowest BCUT2D eigenvalue weighted by molar-refractivity contribution is 0.674. The van der Waals surface area contributed by atoms with Crippen LogP contribution < -0.4 is 10.6 Å². The van der Waals surface area contributed by atoms with Crippen LogP contribution in [0.15, 0.2) is 11.4 Å². The summed E-state index contributed by atoms with van der Waals surface area (Å²) in [4.78, 5) is 3.84. The Morgan fingerprint density at radius 3 is 3.00 bits per heavy atom. The Labute approximate surface area is 105 Å². The Hall–Kier alpha value is -1.49. The molecule has 4 nitrogen and oxygen atoms in total. The first-order valence-corrected chi connectivity index (χ1v) is 6.64. The normalized spacial score (nSPS) is 15.1. The molecule has 0 spiro atoms. The summed E-state index contributed by atoms with van der Waals surface area (Å²) in [5, 5.41) is 6.55. The van der Waals surface area contributed by atoms with Crippen LogP contribution in [0.3, 0.4) is 0 Å². The molecular formula is C12H16N4S. The second-order valence-corrected chi connectivity index (χ2v) is 5.49. The molecule has 1 aliphatic heterocycles. The van der Waals surface area contributed by atoms with Gasteiger partial charge in [-0.25, -0.2) is 0 Å². The first-order valence-electron chi connectivity index (χ1n) is 5.76. The molecular weight excluding hydrogens is 232 g/mol. The van der Waals surface area contributed by atoms with Gasteiger partial charge in [0.1, 0.15) is 0 Å². The first kappa shape index (κ1) is 10.7. The zero-order valence-corrected chi connectivity index (χ0v) is 10.9. The lowest BCUT2D eigenvalue weighted by atomic mass is 10.1. The fourth-order valence-corrected chi connectivity index (χ4v) is 3.36. The minimum absolute atomic E-state index is 0.811. The van der Waals surface area contributed by atoms with E-state index in [1.54, 1.807) is 0 Å². The third-order valence-corrected chi connectivity index (χ3v) is 4.37. The number of anilines is 2. The van der Waals surface area contributed by atoms with Crippen LogP contribution in [0.1, 0.15) is 16.1 Å². The van der Waals surface area contributed by atoms with Gasteiger partial charge in [0.15, 0.2) is 5.82 Å². The van der Waals surface area contributed by atoms with Gasteiger partial charge in [0.05, 0.1) is 11.4 Å². The lowest BCUT2D eigenvalue weighted by Crippen LogP contribution is -2.31. The number of nitrogens with zero attached hydrogens (tertiary/aromatic N) is 3. The van der Waals surface area contributed by atoms with Crippen LogP contribution in [-0.4, -0.2) is 16.3 Å². The predicted octanol–water partition coefficient (Wildman–Crippen LogP) is 1.93. The molecule has 0 radical (unpaired) electrons. The second kappa shape index (κ2) is 3.77. The second-order valence-electron chi connectivity index (χ2n) is 4.49. The summed E-state index contributed by atoms with van der Waals surface area (Å²) in [6.07, 6.45) is 1.11. The van der Waals surface area contributed by atoms with Gasteiger partial charge in [0.2, 0.25) is 0 Å². The van der Waals surface area contributed by atoms with E-state index < -0.39 is 0 Å². The van der Waals surface area contributed by atoms with Crippen molar-refractivity contribution in [2.24, 2.45) is 7.05 Å². The Morgan fingerprint density at radius 1 is 1.47 bits per heavy atom. The molecule has 0 saturated heterocycles. The molecule has 2 N–H and O–H groups in total. The number of rotatable bonds is 1. The summed E-state index contributed by atoms with van der Waals surface area (Å²) < 4.78 is 1.89. The molecule has 0 fully saturated rings. The smallest absolute Gasteiger partial charge is 0.150 e. The van der Waals surface area contributed by atoms with Crippen molar-refractivity contribution in [3.63, 3.8) is 0 Å². The van der Waals surface area contributed by atoms with Crippen molar-refractivity contribution < 1.29 is 0 Å². The van der Waals surface area contributed by atoms with Crippen LogP contribution in [0.5, 0.6) is 0 Å².